The number of nitrogens with zero attached hydrogens (tertiary/aromatic N) is 2. The Morgan fingerprint density at radius 3 is 2.75 bits per heavy atom. The number of nitrogens with one attached hydrogen (secondary N) is 1. The molecule has 1 aromatic carbocycles. The SMILES string of the molecule is Cc1cc(Cl)ccc1-c1nc(=S)nc(N)[nH]1. The Morgan fingerprint density at radius 2 is 2.12 bits per heavy atom. The molecule has 0 bridgehead atoms. The highest BCUT2D eigenvalue weighted by molar-refractivity contribution is 7.71. The molecule has 0 saturated heterocycles. The van der Waals surface area contributed by atoms with Crippen molar-refractivity contribution in [3.8, 4) is 11.4 Å². The Morgan fingerprint density at radius 1 is 1.38 bits per heavy atom. The van der Waals surface area contributed by atoms with E-state index < -0.39 is 0 Å². The van der Waals surface area contributed by atoms with E-state index >= 15 is 0 Å². The molecular weight excluding hydrogens is 244 g/mol. The number of halogens is 1. The fourth-order valence-electron chi connectivity index (χ4n) is 1.42. The standard InChI is InChI=1S/C10H9ClN4S/c1-5-4-6(11)2-3-7(5)8-13-9(12)15-10(16)14-8/h2-4H,1H3,(H3,12,13,14,15,16). The minimum atomic E-state index is 0.223. The van der Waals surface area contributed by atoms with Crippen LogP contribution >= 0.6 is 23.8 Å². The summed E-state index contributed by atoms with van der Waals surface area (Å²) in [6.07, 6.45) is 0. The van der Waals surface area contributed by atoms with Gasteiger partial charge in [-0.3, -0.25) is 0 Å². The number of rotatable bonds is 1. The lowest BCUT2D eigenvalue weighted by molar-refractivity contribution is 1.05. The van der Waals surface area contributed by atoms with Gasteiger partial charge in [-0.2, -0.15) is 4.98 Å². The first kappa shape index (κ1) is 11.0. The van der Waals surface area contributed by atoms with Gasteiger partial charge in [0.15, 0.2) is 0 Å². The van der Waals surface area contributed by atoms with Gasteiger partial charge >= 0.3 is 0 Å². The van der Waals surface area contributed by atoms with Crippen molar-refractivity contribution in [1.29, 1.82) is 0 Å². The molecule has 0 saturated carbocycles. The number of nitrogens with two attached hydrogens (primary N) is 1. The molecule has 0 radical (unpaired) electrons. The Labute approximate surface area is 103 Å². The van der Waals surface area contributed by atoms with Crippen LogP contribution < -0.4 is 5.73 Å². The summed E-state index contributed by atoms with van der Waals surface area (Å²) in [7, 11) is 0. The summed E-state index contributed by atoms with van der Waals surface area (Å²) in [6.45, 7) is 1.94. The highest BCUT2D eigenvalue weighted by Gasteiger charge is 2.05. The van der Waals surface area contributed by atoms with Gasteiger partial charge in [-0.05, 0) is 42.9 Å². The molecule has 0 fully saturated rings. The number of benzene rings is 1. The van der Waals surface area contributed by atoms with Crippen molar-refractivity contribution in [2.24, 2.45) is 0 Å². The fraction of sp³-hybridized carbons (Fsp3) is 0.100. The van der Waals surface area contributed by atoms with Gasteiger partial charge in [0.2, 0.25) is 10.7 Å². The van der Waals surface area contributed by atoms with Gasteiger partial charge in [0.05, 0.1) is 0 Å². The Hall–Kier alpha value is -1.46. The summed E-state index contributed by atoms with van der Waals surface area (Å²) in [5.74, 6) is 0.857. The third-order valence-corrected chi connectivity index (χ3v) is 2.53. The minimum absolute atomic E-state index is 0.223. The average Bonchev–Trinajstić information content (AvgIpc) is 2.15. The van der Waals surface area contributed by atoms with Crippen LogP contribution in [0.1, 0.15) is 5.56 Å². The van der Waals surface area contributed by atoms with Crippen LogP contribution in [0.15, 0.2) is 18.2 Å². The second-order valence-electron chi connectivity index (χ2n) is 3.32. The van der Waals surface area contributed by atoms with Crippen LogP contribution in [0.4, 0.5) is 5.95 Å². The van der Waals surface area contributed by atoms with Crippen molar-refractivity contribution < 1.29 is 0 Å². The zero-order chi connectivity index (χ0) is 11.7. The van der Waals surface area contributed by atoms with Crippen LogP contribution in [0.2, 0.25) is 5.02 Å². The van der Waals surface area contributed by atoms with Gasteiger partial charge in [-0.15, -0.1) is 0 Å². The van der Waals surface area contributed by atoms with Crippen LogP contribution in [0.3, 0.4) is 0 Å². The van der Waals surface area contributed by atoms with Crippen molar-refractivity contribution in [2.45, 2.75) is 6.92 Å². The van der Waals surface area contributed by atoms with E-state index in [1.54, 1.807) is 6.07 Å². The molecule has 16 heavy (non-hydrogen) atoms. The number of aromatic amines is 1. The predicted octanol–water partition coefficient (Wildman–Crippen LogP) is 2.75. The first-order valence-electron chi connectivity index (χ1n) is 4.56. The van der Waals surface area contributed by atoms with Gasteiger partial charge in [0, 0.05) is 10.6 Å². The summed E-state index contributed by atoms with van der Waals surface area (Å²) in [6, 6.07) is 5.51. The van der Waals surface area contributed by atoms with Crippen molar-refractivity contribution >= 4 is 29.8 Å². The highest BCUT2D eigenvalue weighted by Crippen LogP contribution is 2.23. The van der Waals surface area contributed by atoms with Gasteiger partial charge in [0.25, 0.3) is 0 Å². The Balaban J connectivity index is 2.63. The lowest BCUT2D eigenvalue weighted by Gasteiger charge is -2.05. The zero-order valence-electron chi connectivity index (χ0n) is 8.49. The zero-order valence-corrected chi connectivity index (χ0v) is 10.1. The second-order valence-corrected chi connectivity index (χ2v) is 4.13. The molecular formula is C10H9ClN4S. The summed E-state index contributed by atoms with van der Waals surface area (Å²) in [5.41, 5.74) is 7.48. The van der Waals surface area contributed by atoms with E-state index in [1.165, 1.54) is 0 Å². The van der Waals surface area contributed by atoms with Gasteiger partial charge < -0.3 is 10.7 Å². The fourth-order valence-corrected chi connectivity index (χ4v) is 1.84. The summed E-state index contributed by atoms with van der Waals surface area (Å²) in [5, 5.41) is 0.682. The van der Waals surface area contributed by atoms with Crippen LogP contribution in [0.25, 0.3) is 11.4 Å². The topological polar surface area (TPSA) is 67.6 Å². The molecule has 4 nitrogen and oxygen atoms in total. The quantitative estimate of drug-likeness (QED) is 0.766. The monoisotopic (exact) mass is 252 g/mol. The first-order valence-corrected chi connectivity index (χ1v) is 5.35. The molecule has 0 spiro atoms. The maximum absolute atomic E-state index is 5.88. The van der Waals surface area contributed by atoms with Crippen LogP contribution in [-0.4, -0.2) is 15.0 Å². The first-order chi connectivity index (χ1) is 7.56. The van der Waals surface area contributed by atoms with E-state index in [0.717, 1.165) is 11.1 Å². The Kier molecular flexibility index (Phi) is 2.89. The van der Waals surface area contributed by atoms with Gasteiger partial charge in [-0.1, -0.05) is 11.6 Å². The number of hydrogen-bond acceptors (Lipinski definition) is 4. The number of H-pyrrole nitrogens is 1. The molecule has 2 rings (SSSR count). The summed E-state index contributed by atoms with van der Waals surface area (Å²) < 4.78 is 0.223. The van der Waals surface area contributed by atoms with Crippen molar-refractivity contribution in [1.82, 2.24) is 15.0 Å². The molecule has 2 aromatic rings. The molecule has 3 N–H and O–H groups in total. The van der Waals surface area contributed by atoms with E-state index in [-0.39, 0.29) is 10.7 Å². The van der Waals surface area contributed by atoms with Crippen LogP contribution in [0, 0.1) is 11.7 Å². The van der Waals surface area contributed by atoms with Gasteiger partial charge in [0.1, 0.15) is 5.82 Å². The molecule has 0 unspecified atom stereocenters. The molecule has 0 aliphatic carbocycles. The number of anilines is 1. The smallest absolute Gasteiger partial charge is 0.224 e. The molecule has 0 aliphatic heterocycles. The van der Waals surface area contributed by atoms with Gasteiger partial charge in [-0.25, -0.2) is 4.98 Å². The number of aryl methyl sites for hydroxylation is 1. The van der Waals surface area contributed by atoms with Crippen LogP contribution in [-0.2, 0) is 0 Å². The molecule has 1 heterocycles. The lowest BCUT2D eigenvalue weighted by atomic mass is 10.1. The summed E-state index contributed by atoms with van der Waals surface area (Å²) >= 11 is 10.8. The normalized spacial score (nSPS) is 10.4. The van der Waals surface area contributed by atoms with E-state index in [4.69, 9.17) is 29.6 Å². The maximum atomic E-state index is 5.88. The average molecular weight is 253 g/mol. The van der Waals surface area contributed by atoms with E-state index in [9.17, 15) is 0 Å². The van der Waals surface area contributed by atoms with Crippen LogP contribution in [0.5, 0.6) is 0 Å². The van der Waals surface area contributed by atoms with Crippen molar-refractivity contribution in [3.63, 3.8) is 0 Å². The lowest BCUT2D eigenvalue weighted by Crippen LogP contribution is -2.00. The number of aromatic nitrogens is 3. The second kappa shape index (κ2) is 4.19. The number of hydrogen-bond donors (Lipinski definition) is 2. The third-order valence-electron chi connectivity index (χ3n) is 2.11. The number of nitrogen functional groups attached to an aromatic ring is 1. The van der Waals surface area contributed by atoms with E-state index in [2.05, 4.69) is 15.0 Å². The summed E-state index contributed by atoms with van der Waals surface area (Å²) in [4.78, 5) is 10.8. The highest BCUT2D eigenvalue weighted by atomic mass is 35.5. The molecule has 6 heteroatoms. The van der Waals surface area contributed by atoms with Crippen molar-refractivity contribution in [2.75, 3.05) is 5.73 Å². The van der Waals surface area contributed by atoms with E-state index in [1.807, 2.05) is 19.1 Å². The Bertz CT molecular complexity index is 594. The molecule has 0 amide bonds. The largest absolute Gasteiger partial charge is 0.369 e. The van der Waals surface area contributed by atoms with Crippen molar-refractivity contribution in [3.05, 3.63) is 33.6 Å². The predicted molar refractivity (Wildman–Crippen MR) is 66.8 cm³/mol. The molecule has 0 atom stereocenters. The molecule has 0 aliphatic rings. The third kappa shape index (κ3) is 2.20. The maximum Gasteiger partial charge on any atom is 0.224 e. The minimum Gasteiger partial charge on any atom is -0.369 e. The molecule has 1 aromatic heterocycles. The molecule has 82 valence electrons. The van der Waals surface area contributed by atoms with E-state index in [0.29, 0.717) is 10.8 Å².